The van der Waals surface area contributed by atoms with Crippen LogP contribution in [0.15, 0.2) is 12.3 Å². The maximum Gasteiger partial charge on any atom is 0.0673 e. The van der Waals surface area contributed by atoms with E-state index in [2.05, 4.69) is 11.9 Å². The lowest BCUT2D eigenvalue weighted by molar-refractivity contribution is 0.396. The summed E-state index contributed by atoms with van der Waals surface area (Å²) in [7, 11) is 3.91. The fourth-order valence-corrected chi connectivity index (χ4v) is 0.372. The van der Waals surface area contributed by atoms with Crippen LogP contribution < -0.4 is 5.32 Å². The fourth-order valence-electron chi connectivity index (χ4n) is 0.372. The molecular formula is C6H14N2. The van der Waals surface area contributed by atoms with Crippen LogP contribution >= 0.6 is 0 Å². The van der Waals surface area contributed by atoms with Crippen LogP contribution in [-0.4, -0.2) is 25.7 Å². The van der Waals surface area contributed by atoms with Gasteiger partial charge in [-0.3, -0.25) is 0 Å². The first-order valence-corrected chi connectivity index (χ1v) is 2.69. The number of allylic oxidation sites excluding steroid dienone is 1. The highest BCUT2D eigenvalue weighted by molar-refractivity contribution is 4.84. The molecule has 0 aromatic rings. The first kappa shape index (κ1) is 7.50. The third-order valence-electron chi connectivity index (χ3n) is 1.05. The smallest absolute Gasteiger partial charge is 0.0673 e. The molecular weight excluding hydrogens is 100 g/mol. The minimum absolute atomic E-state index is 0.870. The van der Waals surface area contributed by atoms with Gasteiger partial charge in [-0.1, -0.05) is 6.58 Å². The van der Waals surface area contributed by atoms with E-state index in [-0.39, 0.29) is 0 Å². The number of hydrogen-bond acceptors (Lipinski definition) is 2. The highest BCUT2D eigenvalue weighted by atomic mass is 15.2. The SMILES string of the molecule is C=C(C)N(C)CNC. The van der Waals surface area contributed by atoms with Crippen molar-refractivity contribution in [2.45, 2.75) is 6.92 Å². The van der Waals surface area contributed by atoms with Crippen LogP contribution in [0.3, 0.4) is 0 Å². The van der Waals surface area contributed by atoms with E-state index in [0.717, 1.165) is 12.4 Å². The van der Waals surface area contributed by atoms with Gasteiger partial charge in [0, 0.05) is 12.7 Å². The van der Waals surface area contributed by atoms with Crippen LogP contribution in [0.2, 0.25) is 0 Å². The van der Waals surface area contributed by atoms with Gasteiger partial charge in [0.2, 0.25) is 0 Å². The van der Waals surface area contributed by atoms with Gasteiger partial charge in [0.15, 0.2) is 0 Å². The van der Waals surface area contributed by atoms with Gasteiger partial charge in [0.1, 0.15) is 0 Å². The second-order valence-electron chi connectivity index (χ2n) is 1.94. The molecule has 0 radical (unpaired) electrons. The lowest BCUT2D eigenvalue weighted by Crippen LogP contribution is -2.26. The molecule has 48 valence electrons. The summed E-state index contributed by atoms with van der Waals surface area (Å²) in [5, 5.41) is 3.01. The standard InChI is InChI=1S/C6H14N2/c1-6(2)8(4)5-7-3/h7H,1,5H2,2-4H3. The molecule has 0 amide bonds. The van der Waals surface area contributed by atoms with Crippen LogP contribution in [0.25, 0.3) is 0 Å². The zero-order valence-electron chi connectivity index (χ0n) is 5.86. The van der Waals surface area contributed by atoms with Gasteiger partial charge >= 0.3 is 0 Å². The molecule has 0 aromatic carbocycles. The fraction of sp³-hybridized carbons (Fsp3) is 0.667. The average Bonchev–Trinajstić information content (AvgIpc) is 1.67. The van der Waals surface area contributed by atoms with Gasteiger partial charge in [-0.15, -0.1) is 0 Å². The third-order valence-corrected chi connectivity index (χ3v) is 1.05. The van der Waals surface area contributed by atoms with Crippen LogP contribution in [-0.2, 0) is 0 Å². The quantitative estimate of drug-likeness (QED) is 0.541. The monoisotopic (exact) mass is 114 g/mol. The topological polar surface area (TPSA) is 15.3 Å². The van der Waals surface area contributed by atoms with E-state index in [1.54, 1.807) is 0 Å². The second kappa shape index (κ2) is 3.50. The van der Waals surface area contributed by atoms with Gasteiger partial charge in [0.25, 0.3) is 0 Å². The Bertz CT molecular complexity index is 78.6. The van der Waals surface area contributed by atoms with E-state index in [1.807, 2.05) is 25.9 Å². The van der Waals surface area contributed by atoms with Crippen LogP contribution in [0, 0.1) is 0 Å². The van der Waals surface area contributed by atoms with Gasteiger partial charge in [-0.05, 0) is 14.0 Å². The number of nitrogens with one attached hydrogen (secondary N) is 1. The Morgan fingerprint density at radius 1 is 1.75 bits per heavy atom. The zero-order valence-corrected chi connectivity index (χ0v) is 5.86. The number of rotatable bonds is 3. The molecule has 0 saturated heterocycles. The van der Waals surface area contributed by atoms with Gasteiger partial charge in [-0.25, -0.2) is 0 Å². The summed E-state index contributed by atoms with van der Waals surface area (Å²) >= 11 is 0. The van der Waals surface area contributed by atoms with Gasteiger partial charge < -0.3 is 10.2 Å². The van der Waals surface area contributed by atoms with E-state index in [1.165, 1.54) is 0 Å². The Kier molecular flexibility index (Phi) is 3.28. The summed E-state index contributed by atoms with van der Waals surface area (Å²) in [6.07, 6.45) is 0. The summed E-state index contributed by atoms with van der Waals surface area (Å²) < 4.78 is 0. The first-order valence-electron chi connectivity index (χ1n) is 2.69. The Morgan fingerprint density at radius 3 is 2.38 bits per heavy atom. The Labute approximate surface area is 51.2 Å². The summed E-state index contributed by atoms with van der Waals surface area (Å²) in [6, 6.07) is 0. The lowest BCUT2D eigenvalue weighted by atomic mass is 10.5. The molecule has 0 atom stereocenters. The van der Waals surface area contributed by atoms with Crippen molar-refractivity contribution in [2.75, 3.05) is 20.8 Å². The van der Waals surface area contributed by atoms with E-state index in [9.17, 15) is 0 Å². The maximum atomic E-state index is 3.76. The highest BCUT2D eigenvalue weighted by Gasteiger charge is 1.89. The van der Waals surface area contributed by atoms with E-state index in [4.69, 9.17) is 0 Å². The third kappa shape index (κ3) is 2.64. The molecule has 0 aromatic heterocycles. The molecule has 2 nitrogen and oxygen atoms in total. The molecule has 2 heteroatoms. The predicted molar refractivity (Wildman–Crippen MR) is 36.5 cm³/mol. The molecule has 0 bridgehead atoms. The van der Waals surface area contributed by atoms with Crippen molar-refractivity contribution in [3.8, 4) is 0 Å². The van der Waals surface area contributed by atoms with Crippen LogP contribution in [0.4, 0.5) is 0 Å². The summed E-state index contributed by atoms with van der Waals surface area (Å²) in [5.41, 5.74) is 1.08. The second-order valence-corrected chi connectivity index (χ2v) is 1.94. The van der Waals surface area contributed by atoms with Crippen molar-refractivity contribution in [1.29, 1.82) is 0 Å². The van der Waals surface area contributed by atoms with E-state index < -0.39 is 0 Å². The van der Waals surface area contributed by atoms with Crippen molar-refractivity contribution in [2.24, 2.45) is 0 Å². The van der Waals surface area contributed by atoms with Gasteiger partial charge in [-0.2, -0.15) is 0 Å². The van der Waals surface area contributed by atoms with Crippen LogP contribution in [0.1, 0.15) is 6.92 Å². The molecule has 0 heterocycles. The van der Waals surface area contributed by atoms with Crippen molar-refractivity contribution >= 4 is 0 Å². The van der Waals surface area contributed by atoms with Crippen molar-refractivity contribution in [1.82, 2.24) is 10.2 Å². The van der Waals surface area contributed by atoms with Crippen molar-refractivity contribution < 1.29 is 0 Å². The summed E-state index contributed by atoms with van der Waals surface area (Å²) in [5.74, 6) is 0. The molecule has 0 aliphatic carbocycles. The Hall–Kier alpha value is -0.500. The predicted octanol–water partition coefficient (Wildman–Crippen LogP) is 0.629. The summed E-state index contributed by atoms with van der Waals surface area (Å²) in [6.45, 7) is 6.61. The number of hydrogen-bond donors (Lipinski definition) is 1. The average molecular weight is 114 g/mol. The molecule has 0 fully saturated rings. The van der Waals surface area contributed by atoms with Crippen LogP contribution in [0.5, 0.6) is 0 Å². The normalized spacial score (nSPS) is 8.88. The first-order chi connectivity index (χ1) is 3.68. The maximum absolute atomic E-state index is 3.76. The Morgan fingerprint density at radius 2 is 2.25 bits per heavy atom. The van der Waals surface area contributed by atoms with Crippen molar-refractivity contribution in [3.63, 3.8) is 0 Å². The van der Waals surface area contributed by atoms with Gasteiger partial charge in [0.05, 0.1) is 6.67 Å². The van der Waals surface area contributed by atoms with E-state index >= 15 is 0 Å². The summed E-state index contributed by atoms with van der Waals surface area (Å²) in [4.78, 5) is 2.04. The Balaban J connectivity index is 3.32. The lowest BCUT2D eigenvalue weighted by Gasteiger charge is -2.17. The highest BCUT2D eigenvalue weighted by Crippen LogP contribution is 1.90. The molecule has 0 aliphatic heterocycles. The molecule has 1 N–H and O–H groups in total. The number of nitrogens with zero attached hydrogens (tertiary/aromatic N) is 1. The molecule has 0 saturated carbocycles. The zero-order chi connectivity index (χ0) is 6.57. The molecule has 8 heavy (non-hydrogen) atoms. The molecule has 0 unspecified atom stereocenters. The molecule has 0 aliphatic rings. The largest absolute Gasteiger partial charge is 0.366 e. The molecule has 0 rings (SSSR count). The minimum atomic E-state index is 0.870. The minimum Gasteiger partial charge on any atom is -0.366 e. The van der Waals surface area contributed by atoms with Crippen molar-refractivity contribution in [3.05, 3.63) is 12.3 Å². The molecule has 0 spiro atoms. The van der Waals surface area contributed by atoms with E-state index in [0.29, 0.717) is 0 Å².